The predicted octanol–water partition coefficient (Wildman–Crippen LogP) is 2.48. The maximum absolute atomic E-state index is 11.4. The highest BCUT2D eigenvalue weighted by Crippen LogP contribution is 2.25. The molecule has 1 aliphatic carbocycles. The standard InChI is InChI=1S/C15H30N2O2/c1-4-11-17(5-2)12-7-6-10-15(3,14(18)19)16-13-8-9-13/h13,16H,4-12H2,1-3H3,(H,18,19). The van der Waals surface area contributed by atoms with Gasteiger partial charge in [-0.1, -0.05) is 13.8 Å². The van der Waals surface area contributed by atoms with E-state index >= 15 is 0 Å². The average molecular weight is 270 g/mol. The van der Waals surface area contributed by atoms with E-state index in [0.717, 1.165) is 51.7 Å². The van der Waals surface area contributed by atoms with Crippen LogP contribution in [0.1, 0.15) is 59.3 Å². The van der Waals surface area contributed by atoms with Crippen LogP contribution in [0.15, 0.2) is 0 Å². The summed E-state index contributed by atoms with van der Waals surface area (Å²) in [6.45, 7) is 9.54. The summed E-state index contributed by atoms with van der Waals surface area (Å²) in [6, 6.07) is 0.438. The van der Waals surface area contributed by atoms with Gasteiger partial charge in [-0.2, -0.15) is 0 Å². The fourth-order valence-electron chi connectivity index (χ4n) is 2.48. The van der Waals surface area contributed by atoms with Gasteiger partial charge in [-0.25, -0.2) is 0 Å². The molecule has 4 nitrogen and oxygen atoms in total. The van der Waals surface area contributed by atoms with Crippen LogP contribution in [-0.4, -0.2) is 47.2 Å². The third kappa shape index (κ3) is 5.91. The number of hydrogen-bond acceptors (Lipinski definition) is 3. The van der Waals surface area contributed by atoms with Crippen LogP contribution in [0.25, 0.3) is 0 Å². The largest absolute Gasteiger partial charge is 0.480 e. The van der Waals surface area contributed by atoms with E-state index in [0.29, 0.717) is 6.04 Å². The van der Waals surface area contributed by atoms with E-state index in [-0.39, 0.29) is 0 Å². The Morgan fingerprint density at radius 3 is 2.47 bits per heavy atom. The van der Waals surface area contributed by atoms with Crippen LogP contribution in [0.2, 0.25) is 0 Å². The summed E-state index contributed by atoms with van der Waals surface area (Å²) in [5.41, 5.74) is -0.733. The number of unbranched alkanes of at least 4 members (excludes halogenated alkanes) is 1. The minimum absolute atomic E-state index is 0.438. The summed E-state index contributed by atoms with van der Waals surface area (Å²) in [5, 5.41) is 12.7. The maximum atomic E-state index is 11.4. The van der Waals surface area contributed by atoms with Gasteiger partial charge in [0.05, 0.1) is 0 Å². The monoisotopic (exact) mass is 270 g/mol. The Morgan fingerprint density at radius 1 is 1.32 bits per heavy atom. The summed E-state index contributed by atoms with van der Waals surface area (Å²) < 4.78 is 0. The quantitative estimate of drug-likeness (QED) is 0.566. The molecule has 0 amide bonds. The molecule has 0 aromatic heterocycles. The lowest BCUT2D eigenvalue weighted by molar-refractivity contribution is -0.144. The van der Waals surface area contributed by atoms with Crippen molar-refractivity contribution in [2.24, 2.45) is 0 Å². The normalized spacial score (nSPS) is 18.5. The van der Waals surface area contributed by atoms with Gasteiger partial charge in [0.2, 0.25) is 0 Å². The van der Waals surface area contributed by atoms with Crippen molar-refractivity contribution in [2.45, 2.75) is 70.9 Å². The molecule has 1 rings (SSSR count). The second kappa shape index (κ2) is 7.85. The molecule has 0 saturated heterocycles. The predicted molar refractivity (Wildman–Crippen MR) is 78.5 cm³/mol. The molecule has 0 aromatic carbocycles. The molecule has 1 unspecified atom stereocenters. The van der Waals surface area contributed by atoms with Gasteiger partial charge in [-0.15, -0.1) is 0 Å². The molecular formula is C15H30N2O2. The highest BCUT2D eigenvalue weighted by Gasteiger charge is 2.37. The SMILES string of the molecule is CCCN(CC)CCCCC(C)(NC1CC1)C(=O)O. The second-order valence-electron chi connectivity index (χ2n) is 5.95. The zero-order valence-electron chi connectivity index (χ0n) is 12.7. The molecule has 0 spiro atoms. The highest BCUT2D eigenvalue weighted by molar-refractivity contribution is 5.78. The molecule has 1 aliphatic rings. The Labute approximate surface area is 117 Å². The minimum atomic E-state index is -0.733. The number of hydrogen-bond donors (Lipinski definition) is 2. The van der Waals surface area contributed by atoms with Crippen molar-refractivity contribution in [2.75, 3.05) is 19.6 Å². The molecule has 112 valence electrons. The van der Waals surface area contributed by atoms with Gasteiger partial charge in [0.15, 0.2) is 0 Å². The van der Waals surface area contributed by atoms with Crippen molar-refractivity contribution in [3.05, 3.63) is 0 Å². The molecular weight excluding hydrogens is 240 g/mol. The third-order valence-corrected chi connectivity index (χ3v) is 3.96. The number of carboxylic acids is 1. The van der Waals surface area contributed by atoms with Gasteiger partial charge in [0, 0.05) is 6.04 Å². The van der Waals surface area contributed by atoms with Crippen molar-refractivity contribution in [1.29, 1.82) is 0 Å². The molecule has 0 aliphatic heterocycles. The van der Waals surface area contributed by atoms with E-state index in [1.807, 2.05) is 6.92 Å². The molecule has 19 heavy (non-hydrogen) atoms. The molecule has 1 atom stereocenters. The van der Waals surface area contributed by atoms with Crippen LogP contribution in [0.3, 0.4) is 0 Å². The van der Waals surface area contributed by atoms with Crippen molar-refractivity contribution < 1.29 is 9.90 Å². The molecule has 1 saturated carbocycles. The average Bonchev–Trinajstić information content (AvgIpc) is 3.16. The third-order valence-electron chi connectivity index (χ3n) is 3.96. The van der Waals surface area contributed by atoms with Gasteiger partial charge in [-0.05, 0) is 65.1 Å². The Hall–Kier alpha value is -0.610. The van der Waals surface area contributed by atoms with Gasteiger partial charge >= 0.3 is 5.97 Å². The van der Waals surface area contributed by atoms with E-state index < -0.39 is 11.5 Å². The number of nitrogens with zero attached hydrogens (tertiary/aromatic N) is 1. The molecule has 0 heterocycles. The van der Waals surface area contributed by atoms with Crippen molar-refractivity contribution >= 4 is 5.97 Å². The zero-order chi connectivity index (χ0) is 14.3. The van der Waals surface area contributed by atoms with Crippen LogP contribution in [0.4, 0.5) is 0 Å². The number of rotatable bonds is 11. The molecule has 0 radical (unpaired) electrons. The Balaban J connectivity index is 2.25. The summed E-state index contributed by atoms with van der Waals surface area (Å²) in [5.74, 6) is -0.708. The van der Waals surface area contributed by atoms with Crippen LogP contribution in [0, 0.1) is 0 Å². The van der Waals surface area contributed by atoms with Crippen LogP contribution in [0.5, 0.6) is 0 Å². The summed E-state index contributed by atoms with van der Waals surface area (Å²) in [7, 11) is 0. The molecule has 1 fully saturated rings. The smallest absolute Gasteiger partial charge is 0.323 e. The molecule has 2 N–H and O–H groups in total. The van der Waals surface area contributed by atoms with Gasteiger partial charge < -0.3 is 10.0 Å². The van der Waals surface area contributed by atoms with Crippen LogP contribution in [-0.2, 0) is 4.79 Å². The van der Waals surface area contributed by atoms with E-state index in [2.05, 4.69) is 24.1 Å². The highest BCUT2D eigenvalue weighted by atomic mass is 16.4. The van der Waals surface area contributed by atoms with Gasteiger partial charge in [0.25, 0.3) is 0 Å². The first-order valence-corrected chi connectivity index (χ1v) is 7.75. The number of nitrogens with one attached hydrogen (secondary N) is 1. The Bertz CT molecular complexity index is 279. The van der Waals surface area contributed by atoms with E-state index in [1.54, 1.807) is 0 Å². The summed E-state index contributed by atoms with van der Waals surface area (Å²) in [4.78, 5) is 13.8. The lowest BCUT2D eigenvalue weighted by Crippen LogP contribution is -2.50. The summed E-state index contributed by atoms with van der Waals surface area (Å²) >= 11 is 0. The second-order valence-corrected chi connectivity index (χ2v) is 5.95. The first kappa shape index (κ1) is 16.4. The first-order chi connectivity index (χ1) is 9.01. The first-order valence-electron chi connectivity index (χ1n) is 7.75. The Morgan fingerprint density at radius 2 is 2.00 bits per heavy atom. The fraction of sp³-hybridized carbons (Fsp3) is 0.933. The fourth-order valence-corrected chi connectivity index (χ4v) is 2.48. The van der Waals surface area contributed by atoms with Gasteiger partial charge in [-0.3, -0.25) is 10.1 Å². The van der Waals surface area contributed by atoms with Crippen molar-refractivity contribution in [1.82, 2.24) is 10.2 Å². The van der Waals surface area contributed by atoms with Crippen LogP contribution < -0.4 is 5.32 Å². The van der Waals surface area contributed by atoms with Crippen molar-refractivity contribution in [3.8, 4) is 0 Å². The van der Waals surface area contributed by atoms with Gasteiger partial charge in [0.1, 0.15) is 5.54 Å². The lowest BCUT2D eigenvalue weighted by atomic mass is 9.94. The van der Waals surface area contributed by atoms with E-state index in [9.17, 15) is 9.90 Å². The molecule has 4 heteroatoms. The number of aliphatic carboxylic acids is 1. The maximum Gasteiger partial charge on any atom is 0.323 e. The van der Waals surface area contributed by atoms with Crippen LogP contribution >= 0.6 is 0 Å². The van der Waals surface area contributed by atoms with E-state index in [1.165, 1.54) is 6.42 Å². The number of carbonyl (C=O) groups is 1. The number of carboxylic acid groups (broad SMARTS) is 1. The molecule has 0 bridgehead atoms. The topological polar surface area (TPSA) is 52.6 Å². The van der Waals surface area contributed by atoms with E-state index in [4.69, 9.17) is 0 Å². The van der Waals surface area contributed by atoms with Crippen molar-refractivity contribution in [3.63, 3.8) is 0 Å². The lowest BCUT2D eigenvalue weighted by Gasteiger charge is -2.27. The summed E-state index contributed by atoms with van der Waals surface area (Å²) in [6.07, 6.45) is 6.23. The minimum Gasteiger partial charge on any atom is -0.480 e. The molecule has 0 aromatic rings. The zero-order valence-corrected chi connectivity index (χ0v) is 12.7. The Kier molecular flexibility index (Phi) is 6.80.